The van der Waals surface area contributed by atoms with Crippen LogP contribution in [0.2, 0.25) is 0 Å². The zero-order chi connectivity index (χ0) is 12.4. The highest BCUT2D eigenvalue weighted by Gasteiger charge is 2.14. The number of aromatic nitrogens is 2. The summed E-state index contributed by atoms with van der Waals surface area (Å²) in [6, 6.07) is 9.76. The molecule has 0 aliphatic carbocycles. The maximum atomic E-state index is 12.3. The van der Waals surface area contributed by atoms with Crippen LogP contribution in [-0.2, 0) is 13.5 Å². The van der Waals surface area contributed by atoms with Crippen LogP contribution < -0.4 is 5.56 Å². The monoisotopic (exact) mass is 230 g/mol. The Morgan fingerprint density at radius 1 is 1.18 bits per heavy atom. The molecular formula is C14H18N2O. The van der Waals surface area contributed by atoms with Crippen LogP contribution in [-0.4, -0.2) is 9.36 Å². The molecule has 1 heterocycles. The Bertz CT molecular complexity index is 564. The molecule has 0 atom stereocenters. The third-order valence-electron chi connectivity index (χ3n) is 3.17. The van der Waals surface area contributed by atoms with Gasteiger partial charge in [0.1, 0.15) is 0 Å². The number of rotatable bonds is 3. The zero-order valence-corrected chi connectivity index (χ0v) is 10.6. The lowest BCUT2D eigenvalue weighted by molar-refractivity contribution is 0.630. The van der Waals surface area contributed by atoms with Crippen molar-refractivity contribution in [3.05, 3.63) is 51.9 Å². The van der Waals surface area contributed by atoms with E-state index in [9.17, 15) is 4.79 Å². The fraction of sp³-hybridized carbons (Fsp3) is 0.357. The van der Waals surface area contributed by atoms with Gasteiger partial charge in [-0.2, -0.15) is 0 Å². The van der Waals surface area contributed by atoms with Gasteiger partial charge in [0.25, 0.3) is 5.56 Å². The Hall–Kier alpha value is -1.77. The number of nitrogens with zero attached hydrogens (tertiary/aromatic N) is 2. The lowest BCUT2D eigenvalue weighted by Gasteiger charge is -2.07. The highest BCUT2D eigenvalue weighted by molar-refractivity contribution is 5.33. The van der Waals surface area contributed by atoms with E-state index in [4.69, 9.17) is 0 Å². The van der Waals surface area contributed by atoms with E-state index < -0.39 is 0 Å². The van der Waals surface area contributed by atoms with Gasteiger partial charge in [0.15, 0.2) is 0 Å². The normalized spacial score (nSPS) is 10.8. The molecule has 0 amide bonds. The van der Waals surface area contributed by atoms with Crippen molar-refractivity contribution in [1.82, 2.24) is 9.36 Å². The van der Waals surface area contributed by atoms with Gasteiger partial charge in [-0.05, 0) is 25.5 Å². The molecule has 0 N–H and O–H groups in total. The average Bonchev–Trinajstić information content (AvgIpc) is 2.55. The molecular weight excluding hydrogens is 212 g/mol. The lowest BCUT2D eigenvalue weighted by Crippen LogP contribution is -2.20. The van der Waals surface area contributed by atoms with Crippen LogP contribution in [0, 0.1) is 6.92 Å². The predicted molar refractivity (Wildman–Crippen MR) is 69.7 cm³/mol. The maximum absolute atomic E-state index is 12.3. The molecule has 0 bridgehead atoms. The summed E-state index contributed by atoms with van der Waals surface area (Å²) in [5.41, 5.74) is 3.02. The van der Waals surface area contributed by atoms with Gasteiger partial charge in [0, 0.05) is 18.3 Å². The highest BCUT2D eigenvalue weighted by Crippen LogP contribution is 2.11. The van der Waals surface area contributed by atoms with Crippen molar-refractivity contribution in [2.45, 2.75) is 26.7 Å². The standard InChI is InChI=1S/C14H18N2O/c1-4-8-13-11(2)15(3)16(14(13)17)12-9-6-5-7-10-12/h5-7,9-10H,4,8H2,1-3H3. The van der Waals surface area contributed by atoms with Gasteiger partial charge in [-0.3, -0.25) is 9.48 Å². The van der Waals surface area contributed by atoms with Crippen LogP contribution in [0.1, 0.15) is 24.6 Å². The quantitative estimate of drug-likeness (QED) is 0.795. The van der Waals surface area contributed by atoms with Crippen LogP contribution in [0.3, 0.4) is 0 Å². The van der Waals surface area contributed by atoms with Crippen LogP contribution in [0.4, 0.5) is 0 Å². The zero-order valence-electron chi connectivity index (χ0n) is 10.6. The summed E-state index contributed by atoms with van der Waals surface area (Å²) in [7, 11) is 1.93. The minimum Gasteiger partial charge on any atom is -0.285 e. The molecule has 1 aromatic heterocycles. The highest BCUT2D eigenvalue weighted by atomic mass is 16.1. The Kier molecular flexibility index (Phi) is 3.18. The molecule has 2 rings (SSSR count). The molecule has 90 valence electrons. The van der Waals surface area contributed by atoms with E-state index in [0.29, 0.717) is 0 Å². The fourth-order valence-electron chi connectivity index (χ4n) is 2.16. The van der Waals surface area contributed by atoms with Crippen molar-refractivity contribution in [1.29, 1.82) is 0 Å². The first-order valence-electron chi connectivity index (χ1n) is 5.99. The smallest absolute Gasteiger partial charge is 0.274 e. The lowest BCUT2D eigenvalue weighted by atomic mass is 10.1. The minimum atomic E-state index is 0.109. The van der Waals surface area contributed by atoms with E-state index in [1.54, 1.807) is 4.68 Å². The SMILES string of the molecule is CCCc1c(C)n(C)n(-c2ccccc2)c1=O. The van der Waals surface area contributed by atoms with Crippen LogP contribution in [0.5, 0.6) is 0 Å². The second kappa shape index (κ2) is 4.62. The van der Waals surface area contributed by atoms with Gasteiger partial charge < -0.3 is 0 Å². The van der Waals surface area contributed by atoms with E-state index in [1.165, 1.54) is 0 Å². The molecule has 1 aromatic carbocycles. The van der Waals surface area contributed by atoms with Gasteiger partial charge in [-0.1, -0.05) is 31.5 Å². The molecule has 0 fully saturated rings. The topological polar surface area (TPSA) is 26.9 Å². The summed E-state index contributed by atoms with van der Waals surface area (Å²) in [4.78, 5) is 12.3. The first-order valence-corrected chi connectivity index (χ1v) is 5.99. The van der Waals surface area contributed by atoms with Crippen LogP contribution >= 0.6 is 0 Å². The summed E-state index contributed by atoms with van der Waals surface area (Å²) >= 11 is 0. The van der Waals surface area contributed by atoms with Gasteiger partial charge >= 0.3 is 0 Å². The van der Waals surface area contributed by atoms with Gasteiger partial charge in [-0.15, -0.1) is 0 Å². The van der Waals surface area contributed by atoms with E-state index >= 15 is 0 Å². The van der Waals surface area contributed by atoms with E-state index in [1.807, 2.05) is 49.0 Å². The Balaban J connectivity index is 2.64. The number of benzene rings is 1. The number of hydrogen-bond donors (Lipinski definition) is 0. The Morgan fingerprint density at radius 3 is 2.41 bits per heavy atom. The minimum absolute atomic E-state index is 0.109. The van der Waals surface area contributed by atoms with Crippen LogP contribution in [0.15, 0.2) is 35.1 Å². The molecule has 3 nitrogen and oxygen atoms in total. The molecule has 17 heavy (non-hydrogen) atoms. The Labute approximate surface area is 101 Å². The van der Waals surface area contributed by atoms with Gasteiger partial charge in [-0.25, -0.2) is 4.68 Å². The van der Waals surface area contributed by atoms with Gasteiger partial charge in [0.2, 0.25) is 0 Å². The first-order chi connectivity index (χ1) is 8.16. The van der Waals surface area contributed by atoms with E-state index in [0.717, 1.165) is 29.8 Å². The first kappa shape index (κ1) is 11.7. The van der Waals surface area contributed by atoms with E-state index in [-0.39, 0.29) is 5.56 Å². The molecule has 0 unspecified atom stereocenters. The van der Waals surface area contributed by atoms with Crippen molar-refractivity contribution in [2.75, 3.05) is 0 Å². The summed E-state index contributed by atoms with van der Waals surface area (Å²) < 4.78 is 3.67. The fourth-order valence-corrected chi connectivity index (χ4v) is 2.16. The maximum Gasteiger partial charge on any atom is 0.274 e. The molecule has 0 aliphatic rings. The van der Waals surface area contributed by atoms with Crippen molar-refractivity contribution in [3.8, 4) is 5.69 Å². The summed E-state index contributed by atoms with van der Waals surface area (Å²) in [6.07, 6.45) is 1.84. The van der Waals surface area contributed by atoms with Crippen molar-refractivity contribution >= 4 is 0 Å². The molecule has 3 heteroatoms. The molecule has 2 aromatic rings. The third kappa shape index (κ3) is 1.93. The number of para-hydroxylation sites is 1. The summed E-state index contributed by atoms with van der Waals surface area (Å²) in [6.45, 7) is 4.10. The summed E-state index contributed by atoms with van der Waals surface area (Å²) in [5, 5.41) is 0. The Morgan fingerprint density at radius 2 is 1.82 bits per heavy atom. The molecule has 0 radical (unpaired) electrons. The van der Waals surface area contributed by atoms with Gasteiger partial charge in [0.05, 0.1) is 5.69 Å². The second-order valence-electron chi connectivity index (χ2n) is 4.29. The van der Waals surface area contributed by atoms with E-state index in [2.05, 4.69) is 6.92 Å². The van der Waals surface area contributed by atoms with Crippen LogP contribution in [0.25, 0.3) is 5.69 Å². The van der Waals surface area contributed by atoms with Crippen molar-refractivity contribution in [3.63, 3.8) is 0 Å². The molecule has 0 spiro atoms. The number of hydrogen-bond acceptors (Lipinski definition) is 1. The average molecular weight is 230 g/mol. The molecule has 0 saturated heterocycles. The third-order valence-corrected chi connectivity index (χ3v) is 3.17. The molecule has 0 saturated carbocycles. The molecule has 0 aliphatic heterocycles. The van der Waals surface area contributed by atoms with Crippen molar-refractivity contribution in [2.24, 2.45) is 7.05 Å². The summed E-state index contributed by atoms with van der Waals surface area (Å²) in [5.74, 6) is 0. The largest absolute Gasteiger partial charge is 0.285 e. The second-order valence-corrected chi connectivity index (χ2v) is 4.29. The van der Waals surface area contributed by atoms with Crippen molar-refractivity contribution < 1.29 is 0 Å². The predicted octanol–water partition coefficient (Wildman–Crippen LogP) is 2.44.